The quantitative estimate of drug-likeness (QED) is 0.868. The van der Waals surface area contributed by atoms with Gasteiger partial charge in [-0.15, -0.1) is 0 Å². The molecule has 2 aromatic rings. The van der Waals surface area contributed by atoms with Gasteiger partial charge in [0.2, 0.25) is 11.5 Å². The van der Waals surface area contributed by atoms with E-state index in [-0.39, 0.29) is 11.7 Å². The summed E-state index contributed by atoms with van der Waals surface area (Å²) in [5.41, 5.74) is -3.14. The minimum Gasteiger partial charge on any atom is -0.374 e. The Hall–Kier alpha value is -2.36. The molecule has 2 N–H and O–H groups in total. The second kappa shape index (κ2) is 6.27. The Kier molecular flexibility index (Phi) is 4.70. The summed E-state index contributed by atoms with van der Waals surface area (Å²) in [5, 5.41) is 16.4. The summed E-state index contributed by atoms with van der Waals surface area (Å²) in [6.07, 6.45) is -1.08. The number of amides is 1. The van der Waals surface area contributed by atoms with Gasteiger partial charge in [-0.3, -0.25) is 9.48 Å². The number of hydrogen-bond acceptors (Lipinski definition) is 4. The molecule has 0 aromatic carbocycles. The highest BCUT2D eigenvalue weighted by molar-refractivity contribution is 5.91. The first-order valence-corrected chi connectivity index (χ1v) is 7.15. The highest BCUT2D eigenvalue weighted by atomic mass is 19.4. The van der Waals surface area contributed by atoms with Gasteiger partial charge in [0.05, 0.1) is 18.3 Å². The van der Waals surface area contributed by atoms with Crippen molar-refractivity contribution in [2.24, 2.45) is 7.05 Å². The van der Waals surface area contributed by atoms with Gasteiger partial charge in [0, 0.05) is 31.7 Å². The zero-order valence-electron chi connectivity index (χ0n) is 13.4. The van der Waals surface area contributed by atoms with E-state index in [1.165, 1.54) is 25.6 Å². The van der Waals surface area contributed by atoms with Crippen molar-refractivity contribution in [1.82, 2.24) is 19.3 Å². The number of halogens is 3. The number of rotatable bonds is 5. The molecule has 1 atom stereocenters. The largest absolute Gasteiger partial charge is 0.425 e. The average Bonchev–Trinajstić information content (AvgIpc) is 3.06. The number of hydrogen-bond donors (Lipinski definition) is 2. The number of anilines is 1. The molecule has 0 aliphatic carbocycles. The van der Waals surface area contributed by atoms with Crippen LogP contribution < -0.4 is 5.32 Å². The Balaban J connectivity index is 2.21. The lowest BCUT2D eigenvalue weighted by Gasteiger charge is -2.29. The number of imidazole rings is 1. The van der Waals surface area contributed by atoms with E-state index < -0.39 is 29.9 Å². The minimum atomic E-state index is -5.06. The number of nitrogens with one attached hydrogen (secondary N) is 1. The predicted octanol–water partition coefficient (Wildman–Crippen LogP) is 1.98. The van der Waals surface area contributed by atoms with Gasteiger partial charge in [0.15, 0.2) is 5.82 Å². The molecule has 0 saturated carbocycles. The van der Waals surface area contributed by atoms with Gasteiger partial charge in [-0.25, -0.2) is 4.98 Å². The molecule has 24 heavy (non-hydrogen) atoms. The van der Waals surface area contributed by atoms with Crippen LogP contribution in [0.2, 0.25) is 0 Å². The number of aromatic nitrogens is 4. The van der Waals surface area contributed by atoms with Crippen molar-refractivity contribution in [3.63, 3.8) is 0 Å². The van der Waals surface area contributed by atoms with Crippen LogP contribution in [0.4, 0.5) is 18.9 Å². The third kappa shape index (κ3) is 3.42. The second-order valence-corrected chi connectivity index (χ2v) is 5.75. The summed E-state index contributed by atoms with van der Waals surface area (Å²) in [6.45, 7) is 3.73. The number of alkyl halides is 3. The van der Waals surface area contributed by atoms with E-state index in [9.17, 15) is 23.1 Å². The molecule has 2 aromatic heterocycles. The highest BCUT2D eigenvalue weighted by Crippen LogP contribution is 2.40. The molecule has 0 fully saturated rings. The first kappa shape index (κ1) is 18.0. The average molecular weight is 345 g/mol. The fourth-order valence-corrected chi connectivity index (χ4v) is 2.19. The Labute approximate surface area is 136 Å². The minimum absolute atomic E-state index is 0.0373. The van der Waals surface area contributed by atoms with Crippen molar-refractivity contribution < 1.29 is 23.1 Å². The number of carbonyl (C=O) groups excluding carboxylic acids is 1. The smallest absolute Gasteiger partial charge is 0.374 e. The van der Waals surface area contributed by atoms with Gasteiger partial charge in [-0.2, -0.15) is 18.3 Å². The first-order valence-electron chi connectivity index (χ1n) is 7.15. The van der Waals surface area contributed by atoms with E-state index in [0.717, 1.165) is 10.8 Å². The molecule has 132 valence electrons. The summed E-state index contributed by atoms with van der Waals surface area (Å²) < 4.78 is 42.6. The number of carbonyl (C=O) groups is 1. The summed E-state index contributed by atoms with van der Waals surface area (Å²) in [4.78, 5) is 15.6. The Morgan fingerprint density at radius 2 is 2.08 bits per heavy atom. The number of aliphatic hydroxyl groups is 1. The monoisotopic (exact) mass is 345 g/mol. The lowest BCUT2D eigenvalue weighted by molar-refractivity contribution is -0.270. The fraction of sp³-hybridized carbons (Fsp3) is 0.500. The number of nitrogens with zero attached hydrogens (tertiary/aromatic N) is 4. The van der Waals surface area contributed by atoms with Crippen LogP contribution in [0.1, 0.15) is 32.1 Å². The van der Waals surface area contributed by atoms with E-state index in [1.54, 1.807) is 4.68 Å². The van der Waals surface area contributed by atoms with Gasteiger partial charge in [-0.1, -0.05) is 0 Å². The van der Waals surface area contributed by atoms with Crippen molar-refractivity contribution in [2.45, 2.75) is 38.1 Å². The first-order chi connectivity index (χ1) is 11.0. The lowest BCUT2D eigenvalue weighted by Crippen LogP contribution is -2.46. The molecule has 0 bridgehead atoms. The van der Waals surface area contributed by atoms with Crippen LogP contribution in [-0.2, 0) is 17.4 Å². The van der Waals surface area contributed by atoms with Gasteiger partial charge in [-0.05, 0) is 13.8 Å². The van der Waals surface area contributed by atoms with Gasteiger partial charge < -0.3 is 15.0 Å². The molecule has 0 spiro atoms. The van der Waals surface area contributed by atoms with E-state index in [4.69, 9.17) is 0 Å². The van der Waals surface area contributed by atoms with Crippen LogP contribution >= 0.6 is 0 Å². The normalized spacial score (nSPS) is 14.7. The zero-order chi connectivity index (χ0) is 18.1. The highest BCUT2D eigenvalue weighted by Gasteiger charge is 2.58. The molecule has 0 radical (unpaired) electrons. The molecule has 2 heterocycles. The molecule has 10 heteroatoms. The SMILES string of the molecule is CC(C)n1cc(NC(=O)CC(O)(c2nccn2C)C(F)(F)F)cn1. The van der Waals surface area contributed by atoms with Crippen molar-refractivity contribution in [3.8, 4) is 0 Å². The van der Waals surface area contributed by atoms with Crippen LogP contribution in [0.15, 0.2) is 24.8 Å². The third-order valence-corrected chi connectivity index (χ3v) is 3.49. The summed E-state index contributed by atoms with van der Waals surface area (Å²) in [6, 6.07) is 0.0373. The maximum Gasteiger partial charge on any atom is 0.425 e. The van der Waals surface area contributed by atoms with E-state index in [0.29, 0.717) is 0 Å². The van der Waals surface area contributed by atoms with Crippen LogP contribution in [0.3, 0.4) is 0 Å². The molecular weight excluding hydrogens is 327 g/mol. The maximum absolute atomic E-state index is 13.4. The standard InChI is InChI=1S/C14H18F3N5O2/c1-9(2)22-8-10(7-19-22)20-11(23)6-13(24,14(15,16)17)12-18-4-5-21(12)3/h4-5,7-9,24H,6H2,1-3H3,(H,20,23). The van der Waals surface area contributed by atoms with Crippen molar-refractivity contribution >= 4 is 11.6 Å². The Morgan fingerprint density at radius 3 is 2.54 bits per heavy atom. The fourth-order valence-electron chi connectivity index (χ4n) is 2.19. The molecule has 0 aliphatic heterocycles. The Morgan fingerprint density at radius 1 is 1.42 bits per heavy atom. The second-order valence-electron chi connectivity index (χ2n) is 5.75. The van der Waals surface area contributed by atoms with E-state index in [2.05, 4.69) is 15.4 Å². The molecule has 7 nitrogen and oxygen atoms in total. The van der Waals surface area contributed by atoms with Crippen molar-refractivity contribution in [1.29, 1.82) is 0 Å². The van der Waals surface area contributed by atoms with Crippen molar-refractivity contribution in [2.75, 3.05) is 5.32 Å². The molecular formula is C14H18F3N5O2. The van der Waals surface area contributed by atoms with E-state index >= 15 is 0 Å². The number of aryl methyl sites for hydroxylation is 1. The molecule has 1 unspecified atom stereocenters. The van der Waals surface area contributed by atoms with Crippen LogP contribution in [0.25, 0.3) is 0 Å². The van der Waals surface area contributed by atoms with Crippen LogP contribution in [0, 0.1) is 0 Å². The molecule has 2 rings (SSSR count). The van der Waals surface area contributed by atoms with Crippen LogP contribution in [-0.4, -0.2) is 36.5 Å². The molecule has 0 saturated heterocycles. The molecule has 0 aliphatic rings. The summed E-state index contributed by atoms with van der Waals surface area (Å²) >= 11 is 0. The predicted molar refractivity (Wildman–Crippen MR) is 79.0 cm³/mol. The summed E-state index contributed by atoms with van der Waals surface area (Å²) in [7, 11) is 1.31. The zero-order valence-corrected chi connectivity index (χ0v) is 13.4. The molecule has 1 amide bonds. The Bertz CT molecular complexity index is 722. The third-order valence-electron chi connectivity index (χ3n) is 3.49. The summed E-state index contributed by atoms with van der Waals surface area (Å²) in [5.74, 6) is -1.65. The van der Waals surface area contributed by atoms with Gasteiger partial charge >= 0.3 is 6.18 Å². The van der Waals surface area contributed by atoms with Gasteiger partial charge in [0.1, 0.15) is 0 Å². The van der Waals surface area contributed by atoms with Crippen LogP contribution in [0.5, 0.6) is 0 Å². The maximum atomic E-state index is 13.4. The van der Waals surface area contributed by atoms with Crippen molar-refractivity contribution in [3.05, 3.63) is 30.6 Å². The topological polar surface area (TPSA) is 85.0 Å². The lowest BCUT2D eigenvalue weighted by atomic mass is 9.97. The van der Waals surface area contributed by atoms with Gasteiger partial charge in [0.25, 0.3) is 0 Å². The van der Waals surface area contributed by atoms with E-state index in [1.807, 2.05) is 13.8 Å².